The van der Waals surface area contributed by atoms with Gasteiger partial charge in [0.05, 0.1) is 0 Å². The molecule has 1 amide bonds. The maximum absolute atomic E-state index is 15.6. The van der Waals surface area contributed by atoms with Crippen molar-refractivity contribution in [1.29, 1.82) is 5.26 Å². The maximum Gasteiger partial charge on any atom is 0.326 e. The number of fused-ring (bicyclic) bond motifs is 1. The molecular formula is C21H16FN3O5S. The molecule has 1 heterocycles. The molecule has 10 heteroatoms. The monoisotopic (exact) mass is 441 g/mol. The fourth-order valence-electron chi connectivity index (χ4n) is 3.23. The van der Waals surface area contributed by atoms with Gasteiger partial charge in [0.2, 0.25) is 0 Å². The lowest BCUT2D eigenvalue weighted by Crippen LogP contribution is -2.30. The van der Waals surface area contributed by atoms with Crippen molar-refractivity contribution in [2.75, 3.05) is 17.5 Å². The molecule has 1 fully saturated rings. The van der Waals surface area contributed by atoms with E-state index < -0.39 is 28.5 Å². The molecule has 3 aromatic carbocycles. The van der Waals surface area contributed by atoms with Gasteiger partial charge in [0.1, 0.15) is 36.4 Å². The van der Waals surface area contributed by atoms with Crippen LogP contribution in [0.3, 0.4) is 0 Å². The average molecular weight is 441 g/mol. The van der Waals surface area contributed by atoms with Gasteiger partial charge >= 0.3 is 10.2 Å². The summed E-state index contributed by atoms with van der Waals surface area (Å²) in [6.07, 6.45) is 0. The molecule has 0 radical (unpaired) electrons. The zero-order chi connectivity index (χ0) is 22.0. The van der Waals surface area contributed by atoms with E-state index in [1.165, 1.54) is 12.1 Å². The first kappa shape index (κ1) is 20.4. The molecule has 0 spiro atoms. The van der Waals surface area contributed by atoms with Crippen LogP contribution in [0.25, 0.3) is 10.8 Å². The number of anilines is 1. The molecule has 1 aliphatic rings. The Balaban J connectivity index is 1.84. The first-order valence-corrected chi connectivity index (χ1v) is 10.6. The van der Waals surface area contributed by atoms with Gasteiger partial charge in [-0.2, -0.15) is 13.7 Å². The Morgan fingerprint density at radius 3 is 2.58 bits per heavy atom. The van der Waals surface area contributed by atoms with Crippen LogP contribution >= 0.6 is 0 Å². The fraction of sp³-hybridized carbons (Fsp3) is 0.143. The second-order valence-corrected chi connectivity index (χ2v) is 8.27. The largest absolute Gasteiger partial charge is 0.487 e. The molecule has 158 valence electrons. The number of rotatable bonds is 6. The summed E-state index contributed by atoms with van der Waals surface area (Å²) in [6.45, 7) is -0.730. The Hall–Kier alpha value is -3.84. The van der Waals surface area contributed by atoms with Gasteiger partial charge in [-0.05, 0) is 29.1 Å². The first-order chi connectivity index (χ1) is 14.9. The van der Waals surface area contributed by atoms with E-state index in [4.69, 9.17) is 14.7 Å². The van der Waals surface area contributed by atoms with Gasteiger partial charge in [-0.1, -0.05) is 36.4 Å². The lowest BCUT2D eigenvalue weighted by molar-refractivity contribution is -0.117. The van der Waals surface area contributed by atoms with E-state index in [1.54, 1.807) is 12.1 Å². The number of carbonyl (C=O) groups excluding carboxylic acids is 1. The number of nitrogens with zero attached hydrogens (tertiary/aromatic N) is 2. The Bertz CT molecular complexity index is 1310. The molecule has 31 heavy (non-hydrogen) atoms. The van der Waals surface area contributed by atoms with Crippen LogP contribution < -0.4 is 18.5 Å². The molecule has 0 aromatic heterocycles. The average Bonchev–Trinajstić information content (AvgIpc) is 3.03. The van der Waals surface area contributed by atoms with E-state index in [-0.39, 0.29) is 35.8 Å². The van der Waals surface area contributed by atoms with E-state index in [0.717, 1.165) is 5.56 Å². The van der Waals surface area contributed by atoms with Gasteiger partial charge in [0.25, 0.3) is 5.91 Å². The van der Waals surface area contributed by atoms with Gasteiger partial charge < -0.3 is 9.47 Å². The predicted octanol–water partition coefficient (Wildman–Crippen LogP) is 2.64. The van der Waals surface area contributed by atoms with Crippen molar-refractivity contribution in [3.8, 4) is 17.6 Å². The molecular weight excluding hydrogens is 425 g/mol. The molecule has 0 saturated carbocycles. The van der Waals surface area contributed by atoms with Crippen molar-refractivity contribution in [3.63, 3.8) is 0 Å². The summed E-state index contributed by atoms with van der Waals surface area (Å²) in [6, 6.07) is 16.9. The van der Waals surface area contributed by atoms with Gasteiger partial charge in [-0.3, -0.25) is 4.79 Å². The molecule has 0 bridgehead atoms. The SMILES string of the molecule is N#CCOc1ccc2cc(OCc3ccccc3)c(N3CC(=O)NS3(=O)=O)c(F)c2c1. The number of nitrogens with one attached hydrogen (secondary N) is 1. The van der Waals surface area contributed by atoms with Gasteiger partial charge in [-0.25, -0.2) is 13.4 Å². The second-order valence-electron chi connectivity index (χ2n) is 6.68. The van der Waals surface area contributed by atoms with Crippen molar-refractivity contribution < 1.29 is 27.1 Å². The van der Waals surface area contributed by atoms with E-state index in [0.29, 0.717) is 9.69 Å². The molecule has 0 unspecified atom stereocenters. The van der Waals surface area contributed by atoms with E-state index in [2.05, 4.69) is 0 Å². The van der Waals surface area contributed by atoms with Crippen molar-refractivity contribution in [3.05, 3.63) is 66.0 Å². The first-order valence-electron chi connectivity index (χ1n) is 9.15. The van der Waals surface area contributed by atoms with Gasteiger partial charge in [0.15, 0.2) is 12.4 Å². The Kier molecular flexibility index (Phi) is 5.35. The lowest BCUT2D eigenvalue weighted by Gasteiger charge is -2.21. The summed E-state index contributed by atoms with van der Waals surface area (Å²) in [5, 5.41) is 9.17. The van der Waals surface area contributed by atoms with Crippen molar-refractivity contribution in [2.45, 2.75) is 6.61 Å². The number of ether oxygens (including phenoxy) is 2. The van der Waals surface area contributed by atoms with E-state index in [1.807, 2.05) is 41.1 Å². The maximum atomic E-state index is 15.6. The number of amides is 1. The number of hydrogen-bond donors (Lipinski definition) is 1. The minimum atomic E-state index is -4.27. The highest BCUT2D eigenvalue weighted by molar-refractivity contribution is 7.92. The summed E-state index contributed by atoms with van der Waals surface area (Å²) in [5.41, 5.74) is 0.423. The molecule has 0 atom stereocenters. The fourth-order valence-corrected chi connectivity index (χ4v) is 4.39. The highest BCUT2D eigenvalue weighted by Gasteiger charge is 2.38. The van der Waals surface area contributed by atoms with E-state index >= 15 is 4.39 Å². The molecule has 0 aliphatic carbocycles. The lowest BCUT2D eigenvalue weighted by atomic mass is 10.1. The van der Waals surface area contributed by atoms with Crippen LogP contribution in [0.4, 0.5) is 10.1 Å². The number of nitriles is 1. The summed E-state index contributed by atoms with van der Waals surface area (Å²) in [7, 11) is -4.27. The predicted molar refractivity (Wildman–Crippen MR) is 110 cm³/mol. The van der Waals surface area contributed by atoms with Crippen LogP contribution in [0.2, 0.25) is 0 Å². The number of halogens is 1. The third-order valence-electron chi connectivity index (χ3n) is 4.60. The molecule has 1 aliphatic heterocycles. The van der Waals surface area contributed by atoms with Crippen LogP contribution in [0.15, 0.2) is 54.6 Å². The third-order valence-corrected chi connectivity index (χ3v) is 5.98. The molecule has 8 nitrogen and oxygen atoms in total. The summed E-state index contributed by atoms with van der Waals surface area (Å²) < 4.78 is 53.9. The molecule has 1 saturated heterocycles. The summed E-state index contributed by atoms with van der Waals surface area (Å²) in [5.74, 6) is -1.45. The van der Waals surface area contributed by atoms with E-state index in [9.17, 15) is 13.2 Å². The van der Waals surface area contributed by atoms with Crippen molar-refractivity contribution >= 4 is 32.6 Å². The van der Waals surface area contributed by atoms with Crippen molar-refractivity contribution in [1.82, 2.24) is 4.72 Å². The number of hydrogen-bond acceptors (Lipinski definition) is 6. The second kappa shape index (κ2) is 8.12. The number of carbonyl (C=O) groups is 1. The minimum absolute atomic E-state index is 0.0281. The normalized spacial score (nSPS) is 14.8. The summed E-state index contributed by atoms with van der Waals surface area (Å²) >= 11 is 0. The Labute approximate surface area is 177 Å². The van der Waals surface area contributed by atoms with Crippen LogP contribution in [-0.2, 0) is 21.6 Å². The zero-order valence-electron chi connectivity index (χ0n) is 16.0. The van der Waals surface area contributed by atoms with Gasteiger partial charge in [0, 0.05) is 5.39 Å². The minimum Gasteiger partial charge on any atom is -0.487 e. The quantitative estimate of drug-likeness (QED) is 0.630. The Morgan fingerprint density at radius 2 is 1.90 bits per heavy atom. The standard InChI is InChI=1S/C21H16FN3O5S/c22-20-17-11-16(29-9-8-23)7-6-15(17)10-18(30-13-14-4-2-1-3-5-14)21(20)25-12-19(26)24-31(25,27)28/h1-7,10-11H,9,12-13H2,(H,24,26). The van der Waals surface area contributed by atoms with Crippen LogP contribution in [0, 0.1) is 17.1 Å². The van der Waals surface area contributed by atoms with Crippen LogP contribution in [0.1, 0.15) is 5.56 Å². The number of benzene rings is 3. The van der Waals surface area contributed by atoms with Crippen molar-refractivity contribution in [2.24, 2.45) is 0 Å². The molecule has 1 N–H and O–H groups in total. The topological polar surface area (TPSA) is 109 Å². The van der Waals surface area contributed by atoms with Crippen LogP contribution in [0.5, 0.6) is 11.5 Å². The highest BCUT2D eigenvalue weighted by Crippen LogP contribution is 2.40. The van der Waals surface area contributed by atoms with Gasteiger partial charge in [-0.15, -0.1) is 0 Å². The molecule has 4 rings (SSSR count). The highest BCUT2D eigenvalue weighted by atomic mass is 32.2. The van der Waals surface area contributed by atoms with Crippen LogP contribution in [-0.4, -0.2) is 27.5 Å². The Morgan fingerprint density at radius 1 is 1.13 bits per heavy atom. The smallest absolute Gasteiger partial charge is 0.326 e. The zero-order valence-corrected chi connectivity index (χ0v) is 16.9. The molecule has 3 aromatic rings. The third kappa shape index (κ3) is 4.08. The summed E-state index contributed by atoms with van der Waals surface area (Å²) in [4.78, 5) is 11.7.